The first-order chi connectivity index (χ1) is 14.1. The zero-order valence-electron chi connectivity index (χ0n) is 15.5. The summed E-state index contributed by atoms with van der Waals surface area (Å²) in [5.41, 5.74) is 2.35. The zero-order chi connectivity index (χ0) is 21.6. The summed E-state index contributed by atoms with van der Waals surface area (Å²) in [6.45, 7) is 1.70. The molecule has 0 radical (unpaired) electrons. The van der Waals surface area contributed by atoms with Crippen molar-refractivity contribution < 1.29 is 27.9 Å². The number of benzene rings is 2. The Morgan fingerprint density at radius 2 is 1.73 bits per heavy atom. The Bertz CT molecular complexity index is 1210. The van der Waals surface area contributed by atoms with Crippen molar-refractivity contribution in [2.24, 2.45) is 0 Å². The topological polar surface area (TPSA) is 66.4 Å². The molecule has 4 rings (SSSR count). The Kier molecular flexibility index (Phi) is 4.74. The van der Waals surface area contributed by atoms with Gasteiger partial charge in [-0.2, -0.15) is 13.2 Å². The molecule has 0 unspecified atom stereocenters. The summed E-state index contributed by atoms with van der Waals surface area (Å²) in [6, 6.07) is 11.5. The molecule has 0 saturated heterocycles. The summed E-state index contributed by atoms with van der Waals surface area (Å²) in [7, 11) is 0. The largest absolute Gasteiger partial charge is 0.478 e. The van der Waals surface area contributed by atoms with Crippen LogP contribution in [0.2, 0.25) is 0 Å². The highest BCUT2D eigenvalue weighted by atomic mass is 32.1. The van der Waals surface area contributed by atoms with Crippen LogP contribution in [0, 0.1) is 6.92 Å². The molecule has 2 heterocycles. The molecule has 1 aromatic heterocycles. The van der Waals surface area contributed by atoms with Gasteiger partial charge in [0.25, 0.3) is 5.91 Å². The van der Waals surface area contributed by atoms with Gasteiger partial charge in [0, 0.05) is 21.0 Å². The minimum Gasteiger partial charge on any atom is -0.478 e. The van der Waals surface area contributed by atoms with Crippen molar-refractivity contribution in [3.05, 3.63) is 75.0 Å². The average Bonchev–Trinajstić information content (AvgIpc) is 3.20. The molecule has 0 saturated carbocycles. The maximum Gasteiger partial charge on any atom is 0.416 e. The van der Waals surface area contributed by atoms with E-state index < -0.39 is 17.7 Å². The van der Waals surface area contributed by atoms with Crippen LogP contribution < -0.4 is 5.32 Å². The van der Waals surface area contributed by atoms with Crippen molar-refractivity contribution in [3.63, 3.8) is 0 Å². The van der Waals surface area contributed by atoms with E-state index in [1.165, 1.54) is 29.5 Å². The predicted molar refractivity (Wildman–Crippen MR) is 109 cm³/mol. The number of carbonyl (C=O) groups excluding carboxylic acids is 1. The number of anilines is 1. The highest BCUT2D eigenvalue weighted by molar-refractivity contribution is 7.13. The van der Waals surface area contributed by atoms with E-state index in [1.54, 1.807) is 31.2 Å². The number of aryl methyl sites for hydroxylation is 1. The van der Waals surface area contributed by atoms with E-state index in [4.69, 9.17) is 0 Å². The molecule has 8 heteroatoms. The van der Waals surface area contributed by atoms with Crippen molar-refractivity contribution in [2.45, 2.75) is 13.1 Å². The molecule has 1 aliphatic heterocycles. The lowest BCUT2D eigenvalue weighted by Crippen LogP contribution is -2.04. The molecule has 1 amide bonds. The maximum absolute atomic E-state index is 12.8. The van der Waals surface area contributed by atoms with E-state index >= 15 is 0 Å². The summed E-state index contributed by atoms with van der Waals surface area (Å²) in [6.07, 6.45) is -2.76. The number of aromatic carboxylic acids is 1. The Labute approximate surface area is 173 Å². The Hall–Kier alpha value is -3.39. The van der Waals surface area contributed by atoms with Gasteiger partial charge in [0.2, 0.25) is 0 Å². The van der Waals surface area contributed by atoms with Crippen molar-refractivity contribution in [1.29, 1.82) is 0 Å². The van der Waals surface area contributed by atoms with E-state index in [0.29, 0.717) is 37.7 Å². The lowest BCUT2D eigenvalue weighted by molar-refractivity contribution is -0.137. The van der Waals surface area contributed by atoms with Crippen LogP contribution in [-0.4, -0.2) is 17.0 Å². The number of carboxylic acid groups (broad SMARTS) is 1. The van der Waals surface area contributed by atoms with Crippen molar-refractivity contribution >= 4 is 40.5 Å². The second-order valence-electron chi connectivity index (χ2n) is 6.77. The molecule has 2 aromatic carbocycles. The Morgan fingerprint density at radius 3 is 2.33 bits per heavy atom. The van der Waals surface area contributed by atoms with Gasteiger partial charge >= 0.3 is 12.1 Å². The average molecular weight is 429 g/mol. The Morgan fingerprint density at radius 1 is 1.07 bits per heavy atom. The third-order valence-electron chi connectivity index (χ3n) is 4.80. The summed E-state index contributed by atoms with van der Waals surface area (Å²) in [4.78, 5) is 25.0. The van der Waals surface area contributed by atoms with Crippen molar-refractivity contribution in [2.75, 3.05) is 5.32 Å². The van der Waals surface area contributed by atoms with E-state index in [2.05, 4.69) is 5.32 Å². The first kappa shape index (κ1) is 19.9. The van der Waals surface area contributed by atoms with Crippen molar-refractivity contribution in [1.82, 2.24) is 0 Å². The first-order valence-corrected chi connectivity index (χ1v) is 9.64. The summed E-state index contributed by atoms with van der Waals surface area (Å²) in [5.74, 6) is -1.34. The van der Waals surface area contributed by atoms with Crippen LogP contribution in [0.25, 0.3) is 22.8 Å². The molecular formula is C22H14F3NO3S. The molecule has 2 N–H and O–H groups in total. The van der Waals surface area contributed by atoms with Crippen LogP contribution in [0.15, 0.2) is 48.5 Å². The smallest absolute Gasteiger partial charge is 0.416 e. The monoisotopic (exact) mass is 429 g/mol. The van der Waals surface area contributed by atoms with Gasteiger partial charge in [0.15, 0.2) is 0 Å². The fourth-order valence-electron chi connectivity index (χ4n) is 3.30. The summed E-state index contributed by atoms with van der Waals surface area (Å²) < 4.78 is 38.3. The van der Waals surface area contributed by atoms with Gasteiger partial charge in [-0.1, -0.05) is 24.3 Å². The minimum absolute atomic E-state index is 0.197. The lowest BCUT2D eigenvalue weighted by atomic mass is 9.99. The third-order valence-corrected chi connectivity index (χ3v) is 5.80. The van der Waals surface area contributed by atoms with Gasteiger partial charge in [0.1, 0.15) is 0 Å². The summed E-state index contributed by atoms with van der Waals surface area (Å²) >= 11 is 1.28. The third kappa shape index (κ3) is 3.61. The van der Waals surface area contributed by atoms with Gasteiger partial charge in [-0.05, 0) is 48.4 Å². The molecule has 30 heavy (non-hydrogen) atoms. The molecule has 0 atom stereocenters. The normalized spacial score (nSPS) is 14.7. The lowest BCUT2D eigenvalue weighted by Gasteiger charge is -2.09. The number of fused-ring (bicyclic) bond motifs is 1. The number of thiophene rings is 1. The van der Waals surface area contributed by atoms with Crippen LogP contribution in [0.5, 0.6) is 0 Å². The fraction of sp³-hybridized carbons (Fsp3) is 0.0909. The summed E-state index contributed by atoms with van der Waals surface area (Å²) in [5, 5.41) is 12.0. The molecule has 1 aliphatic rings. The fourth-order valence-corrected chi connectivity index (χ4v) is 4.26. The van der Waals surface area contributed by atoms with Gasteiger partial charge in [-0.15, -0.1) is 11.3 Å². The minimum atomic E-state index is -4.40. The van der Waals surface area contributed by atoms with Crippen LogP contribution in [0.3, 0.4) is 0 Å². The number of rotatable bonds is 3. The van der Waals surface area contributed by atoms with Gasteiger partial charge in [0.05, 0.1) is 16.7 Å². The number of nitrogens with one attached hydrogen (secondary N) is 1. The highest BCUT2D eigenvalue weighted by Crippen LogP contribution is 2.38. The maximum atomic E-state index is 12.8. The number of alkyl halides is 3. The second-order valence-corrected chi connectivity index (χ2v) is 8.06. The molecular weight excluding hydrogens is 415 g/mol. The molecule has 0 spiro atoms. The molecule has 0 aliphatic carbocycles. The van der Waals surface area contributed by atoms with Crippen LogP contribution >= 0.6 is 11.3 Å². The molecule has 0 bridgehead atoms. The van der Waals surface area contributed by atoms with Gasteiger partial charge < -0.3 is 10.4 Å². The number of carboxylic acids is 1. The molecule has 152 valence electrons. The van der Waals surface area contributed by atoms with E-state index in [1.807, 2.05) is 0 Å². The number of carbonyl (C=O) groups is 2. The van der Waals surface area contributed by atoms with E-state index in [0.717, 1.165) is 12.1 Å². The first-order valence-electron chi connectivity index (χ1n) is 8.82. The van der Waals surface area contributed by atoms with Crippen LogP contribution in [0.1, 0.15) is 31.2 Å². The quantitative estimate of drug-likeness (QED) is 0.507. The van der Waals surface area contributed by atoms with Crippen molar-refractivity contribution in [3.8, 4) is 11.1 Å². The number of hydrogen-bond acceptors (Lipinski definition) is 3. The molecule has 0 fully saturated rings. The van der Waals surface area contributed by atoms with E-state index in [9.17, 15) is 27.9 Å². The number of amides is 1. The van der Waals surface area contributed by atoms with E-state index in [-0.39, 0.29) is 11.5 Å². The standard InChI is InChI=1S/C22H14F3NO3S/c1-11-17(21(28)29)9-15(30-11)10-18-16-7-4-13(8-19(16)26-20(18)27)12-2-5-14(6-3-12)22(23,24)25/h2-10H,1H3,(H,26,27)(H,28,29)/b18-10-. The number of hydrogen-bond donors (Lipinski definition) is 2. The molecule has 3 aromatic rings. The highest BCUT2D eigenvalue weighted by Gasteiger charge is 2.30. The Balaban J connectivity index is 1.68. The zero-order valence-corrected chi connectivity index (χ0v) is 16.3. The van der Waals surface area contributed by atoms with Gasteiger partial charge in [-0.25, -0.2) is 4.79 Å². The predicted octanol–water partition coefficient (Wildman–Crippen LogP) is 5.93. The van der Waals surface area contributed by atoms with Crippen LogP contribution in [-0.2, 0) is 11.0 Å². The second kappa shape index (κ2) is 7.14. The molecule has 4 nitrogen and oxygen atoms in total. The van der Waals surface area contributed by atoms with Crippen LogP contribution in [0.4, 0.5) is 18.9 Å². The van der Waals surface area contributed by atoms with Gasteiger partial charge in [-0.3, -0.25) is 4.79 Å². The number of halogens is 3. The SMILES string of the molecule is Cc1sc(/C=C2\C(=O)Nc3cc(-c4ccc(C(F)(F)F)cc4)ccc32)cc1C(=O)O.